The first-order valence-corrected chi connectivity index (χ1v) is 6.83. The van der Waals surface area contributed by atoms with Gasteiger partial charge in [-0.05, 0) is 29.7 Å². The second-order valence-corrected chi connectivity index (χ2v) is 4.79. The Morgan fingerprint density at radius 1 is 1.05 bits per heavy atom. The molecule has 2 rings (SSSR count). The molecule has 0 amide bonds. The SMILES string of the molecule is CCc1ccc(OCc2ccccc2)c(C(=O)C(F)(F)F)c1. The number of hydrogen-bond donors (Lipinski definition) is 0. The molecule has 0 radical (unpaired) electrons. The van der Waals surface area contributed by atoms with Crippen LogP contribution in [0.3, 0.4) is 0 Å². The van der Waals surface area contributed by atoms with Crippen LogP contribution in [0.1, 0.15) is 28.4 Å². The Labute approximate surface area is 126 Å². The van der Waals surface area contributed by atoms with E-state index < -0.39 is 17.5 Å². The molecular weight excluding hydrogens is 293 g/mol. The molecule has 0 atom stereocenters. The van der Waals surface area contributed by atoms with E-state index >= 15 is 0 Å². The fourth-order valence-corrected chi connectivity index (χ4v) is 1.99. The summed E-state index contributed by atoms with van der Waals surface area (Å²) in [6.45, 7) is 1.91. The Bertz CT molecular complexity index is 649. The Kier molecular flexibility index (Phi) is 4.85. The number of benzene rings is 2. The van der Waals surface area contributed by atoms with Crippen molar-refractivity contribution in [2.24, 2.45) is 0 Å². The molecule has 2 aromatic carbocycles. The van der Waals surface area contributed by atoms with Crippen LogP contribution in [0.4, 0.5) is 13.2 Å². The summed E-state index contributed by atoms with van der Waals surface area (Å²) in [5, 5.41) is 0. The van der Waals surface area contributed by atoms with Gasteiger partial charge in [0.1, 0.15) is 12.4 Å². The zero-order valence-corrected chi connectivity index (χ0v) is 12.0. The van der Waals surface area contributed by atoms with E-state index in [1.807, 2.05) is 13.0 Å². The lowest BCUT2D eigenvalue weighted by Crippen LogP contribution is -2.23. The number of carbonyl (C=O) groups is 1. The summed E-state index contributed by atoms with van der Waals surface area (Å²) in [6.07, 6.45) is -4.38. The third-order valence-corrected chi connectivity index (χ3v) is 3.19. The van der Waals surface area contributed by atoms with Gasteiger partial charge in [0.15, 0.2) is 0 Å². The van der Waals surface area contributed by atoms with E-state index in [0.717, 1.165) is 5.56 Å². The Morgan fingerprint density at radius 2 is 1.73 bits per heavy atom. The van der Waals surface area contributed by atoms with Crippen LogP contribution in [0.5, 0.6) is 5.75 Å². The maximum Gasteiger partial charge on any atom is 0.455 e. The smallest absolute Gasteiger partial charge is 0.455 e. The Morgan fingerprint density at radius 3 is 2.32 bits per heavy atom. The standard InChI is InChI=1S/C17H15F3O2/c1-2-12-8-9-15(14(10-12)16(21)17(18,19)20)22-11-13-6-4-3-5-7-13/h3-10H,2,11H2,1H3. The zero-order valence-electron chi connectivity index (χ0n) is 12.0. The van der Waals surface area contributed by atoms with E-state index in [4.69, 9.17) is 4.74 Å². The molecular formula is C17H15F3O2. The van der Waals surface area contributed by atoms with Gasteiger partial charge in [-0.3, -0.25) is 4.79 Å². The van der Waals surface area contributed by atoms with Gasteiger partial charge in [0.2, 0.25) is 0 Å². The van der Waals surface area contributed by atoms with Gasteiger partial charge in [0, 0.05) is 0 Å². The van der Waals surface area contributed by atoms with Crippen LogP contribution in [-0.4, -0.2) is 12.0 Å². The molecule has 0 aliphatic heterocycles. The third kappa shape index (κ3) is 3.87. The molecule has 116 valence electrons. The number of ketones is 1. The summed E-state index contributed by atoms with van der Waals surface area (Å²) in [7, 11) is 0. The average molecular weight is 308 g/mol. The monoisotopic (exact) mass is 308 g/mol. The van der Waals surface area contributed by atoms with Crippen molar-refractivity contribution in [3.8, 4) is 5.75 Å². The van der Waals surface area contributed by atoms with Crippen molar-refractivity contribution in [2.75, 3.05) is 0 Å². The van der Waals surface area contributed by atoms with Crippen molar-refractivity contribution in [1.29, 1.82) is 0 Å². The molecule has 0 heterocycles. The third-order valence-electron chi connectivity index (χ3n) is 3.19. The minimum Gasteiger partial charge on any atom is -0.488 e. The number of carbonyl (C=O) groups excluding carboxylic acids is 1. The quantitative estimate of drug-likeness (QED) is 0.756. The van der Waals surface area contributed by atoms with E-state index in [-0.39, 0.29) is 12.4 Å². The highest BCUT2D eigenvalue weighted by atomic mass is 19.4. The molecule has 0 aliphatic carbocycles. The van der Waals surface area contributed by atoms with Gasteiger partial charge in [-0.1, -0.05) is 43.3 Å². The fraction of sp³-hybridized carbons (Fsp3) is 0.235. The normalized spacial score (nSPS) is 11.3. The van der Waals surface area contributed by atoms with E-state index in [2.05, 4.69) is 0 Å². The molecule has 0 fully saturated rings. The molecule has 2 aromatic rings. The molecule has 0 aromatic heterocycles. The Balaban J connectivity index is 2.28. The minimum absolute atomic E-state index is 0.0524. The average Bonchev–Trinajstić information content (AvgIpc) is 2.52. The number of aryl methyl sites for hydroxylation is 1. The predicted octanol–water partition coefficient (Wildman–Crippen LogP) is 4.57. The second kappa shape index (κ2) is 6.64. The number of rotatable bonds is 5. The number of ether oxygens (including phenoxy) is 1. The molecule has 0 saturated heterocycles. The number of hydrogen-bond acceptors (Lipinski definition) is 2. The molecule has 0 aliphatic rings. The summed E-state index contributed by atoms with van der Waals surface area (Å²) in [4.78, 5) is 11.6. The van der Waals surface area contributed by atoms with Crippen molar-refractivity contribution in [3.05, 3.63) is 65.2 Å². The fourth-order valence-electron chi connectivity index (χ4n) is 1.99. The number of halogens is 3. The zero-order chi connectivity index (χ0) is 16.2. The molecule has 0 bridgehead atoms. The van der Waals surface area contributed by atoms with Crippen LogP contribution in [0.2, 0.25) is 0 Å². The van der Waals surface area contributed by atoms with Crippen molar-refractivity contribution < 1.29 is 22.7 Å². The first-order chi connectivity index (χ1) is 10.4. The first kappa shape index (κ1) is 16.1. The summed E-state index contributed by atoms with van der Waals surface area (Å²) in [6, 6.07) is 13.4. The van der Waals surface area contributed by atoms with Gasteiger partial charge in [0.25, 0.3) is 5.78 Å². The lowest BCUT2D eigenvalue weighted by molar-refractivity contribution is -0.0886. The summed E-state index contributed by atoms with van der Waals surface area (Å²) < 4.78 is 43.5. The van der Waals surface area contributed by atoms with E-state index in [1.54, 1.807) is 30.3 Å². The number of Topliss-reactive ketones (excluding diaryl/α,β-unsaturated/α-hetero) is 1. The van der Waals surface area contributed by atoms with Crippen molar-refractivity contribution >= 4 is 5.78 Å². The van der Waals surface area contributed by atoms with Gasteiger partial charge < -0.3 is 4.74 Å². The second-order valence-electron chi connectivity index (χ2n) is 4.79. The van der Waals surface area contributed by atoms with E-state index in [9.17, 15) is 18.0 Å². The summed E-state index contributed by atoms with van der Waals surface area (Å²) in [5.74, 6) is -1.94. The van der Waals surface area contributed by atoms with Crippen LogP contribution in [0.25, 0.3) is 0 Å². The van der Waals surface area contributed by atoms with Gasteiger partial charge >= 0.3 is 6.18 Å². The van der Waals surface area contributed by atoms with Crippen LogP contribution >= 0.6 is 0 Å². The van der Waals surface area contributed by atoms with Crippen molar-refractivity contribution in [3.63, 3.8) is 0 Å². The summed E-state index contributed by atoms with van der Waals surface area (Å²) >= 11 is 0. The lowest BCUT2D eigenvalue weighted by atomic mass is 10.0. The molecule has 0 spiro atoms. The molecule has 0 saturated carbocycles. The highest BCUT2D eigenvalue weighted by molar-refractivity contribution is 6.02. The topological polar surface area (TPSA) is 26.3 Å². The Hall–Kier alpha value is -2.30. The number of alkyl halides is 3. The minimum atomic E-state index is -4.92. The van der Waals surface area contributed by atoms with Gasteiger partial charge in [-0.25, -0.2) is 0 Å². The van der Waals surface area contributed by atoms with Crippen LogP contribution in [0.15, 0.2) is 48.5 Å². The largest absolute Gasteiger partial charge is 0.488 e. The molecule has 0 N–H and O–H groups in total. The highest BCUT2D eigenvalue weighted by Crippen LogP contribution is 2.29. The summed E-state index contributed by atoms with van der Waals surface area (Å²) in [5.41, 5.74) is 1.02. The highest BCUT2D eigenvalue weighted by Gasteiger charge is 2.40. The molecule has 0 unspecified atom stereocenters. The van der Waals surface area contributed by atoms with Gasteiger partial charge in [-0.2, -0.15) is 13.2 Å². The van der Waals surface area contributed by atoms with Crippen molar-refractivity contribution in [2.45, 2.75) is 26.1 Å². The first-order valence-electron chi connectivity index (χ1n) is 6.83. The van der Waals surface area contributed by atoms with E-state index in [0.29, 0.717) is 12.0 Å². The predicted molar refractivity (Wildman–Crippen MR) is 77.0 cm³/mol. The lowest BCUT2D eigenvalue weighted by Gasteiger charge is -2.13. The molecule has 2 nitrogen and oxygen atoms in total. The van der Waals surface area contributed by atoms with Crippen LogP contribution < -0.4 is 4.74 Å². The molecule has 5 heteroatoms. The van der Waals surface area contributed by atoms with E-state index in [1.165, 1.54) is 12.1 Å². The van der Waals surface area contributed by atoms with Gasteiger partial charge in [-0.15, -0.1) is 0 Å². The van der Waals surface area contributed by atoms with Crippen molar-refractivity contribution in [1.82, 2.24) is 0 Å². The van der Waals surface area contributed by atoms with Gasteiger partial charge in [0.05, 0.1) is 5.56 Å². The molecule has 22 heavy (non-hydrogen) atoms. The maximum atomic E-state index is 12.7. The van der Waals surface area contributed by atoms with Crippen LogP contribution in [0, 0.1) is 0 Å². The maximum absolute atomic E-state index is 12.7. The van der Waals surface area contributed by atoms with Crippen LogP contribution in [-0.2, 0) is 13.0 Å².